The van der Waals surface area contributed by atoms with Crippen molar-refractivity contribution in [3.05, 3.63) is 54.9 Å². The number of carbonyl (C=O) groups is 1. The molecule has 0 saturated heterocycles. The molecule has 0 unspecified atom stereocenters. The van der Waals surface area contributed by atoms with Crippen LogP contribution in [-0.2, 0) is 11.3 Å². The summed E-state index contributed by atoms with van der Waals surface area (Å²) in [6, 6.07) is 5.53. The van der Waals surface area contributed by atoms with Gasteiger partial charge < -0.3 is 14.5 Å². The third kappa shape index (κ3) is 4.22. The van der Waals surface area contributed by atoms with E-state index in [0.717, 1.165) is 6.42 Å². The van der Waals surface area contributed by atoms with Crippen molar-refractivity contribution in [1.82, 2.24) is 29.9 Å². The molecule has 4 rings (SSSR count). The van der Waals surface area contributed by atoms with Crippen LogP contribution in [0.3, 0.4) is 0 Å². The van der Waals surface area contributed by atoms with Gasteiger partial charge in [0.25, 0.3) is 5.91 Å². The number of oxazole rings is 1. The number of amides is 1. The second kappa shape index (κ2) is 8.48. The Morgan fingerprint density at radius 3 is 3.07 bits per heavy atom. The fourth-order valence-corrected chi connectivity index (χ4v) is 2.76. The summed E-state index contributed by atoms with van der Waals surface area (Å²) in [7, 11) is 1.66. The molecule has 29 heavy (non-hydrogen) atoms. The van der Waals surface area contributed by atoms with Gasteiger partial charge in [0.05, 0.1) is 23.1 Å². The average molecular weight is 393 g/mol. The number of anilines is 1. The van der Waals surface area contributed by atoms with E-state index in [2.05, 4.69) is 30.6 Å². The Labute approximate surface area is 165 Å². The zero-order chi connectivity index (χ0) is 20.1. The molecule has 2 N–H and O–H groups in total. The molecule has 4 heterocycles. The molecule has 10 nitrogen and oxygen atoms in total. The highest BCUT2D eigenvalue weighted by Crippen LogP contribution is 2.26. The molecule has 0 aliphatic rings. The van der Waals surface area contributed by atoms with Crippen molar-refractivity contribution < 1.29 is 13.9 Å². The van der Waals surface area contributed by atoms with E-state index in [-0.39, 0.29) is 5.69 Å². The quantitative estimate of drug-likeness (QED) is 0.441. The van der Waals surface area contributed by atoms with Crippen molar-refractivity contribution in [2.75, 3.05) is 19.0 Å². The lowest BCUT2D eigenvalue weighted by Gasteiger charge is -2.02. The number of aromatic nitrogens is 6. The maximum atomic E-state index is 12.7. The van der Waals surface area contributed by atoms with Gasteiger partial charge in [0.1, 0.15) is 12.0 Å². The summed E-state index contributed by atoms with van der Waals surface area (Å²) in [6.07, 6.45) is 8.76. The molecule has 4 aromatic heterocycles. The van der Waals surface area contributed by atoms with E-state index < -0.39 is 5.91 Å². The molecular formula is C19H19N7O3. The summed E-state index contributed by atoms with van der Waals surface area (Å²) in [4.78, 5) is 21.3. The van der Waals surface area contributed by atoms with Crippen LogP contribution >= 0.6 is 0 Å². The number of hydrogen-bond donors (Lipinski definition) is 2. The Morgan fingerprint density at radius 1 is 1.38 bits per heavy atom. The van der Waals surface area contributed by atoms with Crippen molar-refractivity contribution in [3.63, 3.8) is 0 Å². The SMILES string of the molecule is COCCCn1cc(NC(=O)c2coc(-c3cn[nH]c3)n2)c(-c2ccccn2)n1. The average Bonchev–Trinajstić information content (AvgIpc) is 3.49. The number of aryl methyl sites for hydroxylation is 1. The van der Waals surface area contributed by atoms with Crippen molar-refractivity contribution in [3.8, 4) is 22.8 Å². The Balaban J connectivity index is 1.57. The third-order valence-electron chi connectivity index (χ3n) is 4.14. The van der Waals surface area contributed by atoms with E-state index in [9.17, 15) is 4.79 Å². The number of pyridine rings is 1. The van der Waals surface area contributed by atoms with Crippen LogP contribution < -0.4 is 5.32 Å². The van der Waals surface area contributed by atoms with Crippen LogP contribution in [0.25, 0.3) is 22.8 Å². The Kier molecular flexibility index (Phi) is 5.43. The van der Waals surface area contributed by atoms with Gasteiger partial charge in [0.2, 0.25) is 5.89 Å². The summed E-state index contributed by atoms with van der Waals surface area (Å²) in [5, 5.41) is 14.0. The highest BCUT2D eigenvalue weighted by atomic mass is 16.5. The summed E-state index contributed by atoms with van der Waals surface area (Å²) < 4.78 is 12.2. The molecule has 0 aromatic carbocycles. The Morgan fingerprint density at radius 2 is 2.31 bits per heavy atom. The first-order valence-electron chi connectivity index (χ1n) is 8.98. The molecule has 0 radical (unpaired) electrons. The largest absolute Gasteiger partial charge is 0.444 e. The molecule has 0 atom stereocenters. The van der Waals surface area contributed by atoms with Crippen LogP contribution in [-0.4, -0.2) is 49.6 Å². The zero-order valence-corrected chi connectivity index (χ0v) is 15.7. The zero-order valence-electron chi connectivity index (χ0n) is 15.7. The topological polar surface area (TPSA) is 124 Å². The fourth-order valence-electron chi connectivity index (χ4n) is 2.76. The van der Waals surface area contributed by atoms with Crippen LogP contribution in [0.5, 0.6) is 0 Å². The van der Waals surface area contributed by atoms with Gasteiger partial charge in [-0.2, -0.15) is 10.2 Å². The summed E-state index contributed by atoms with van der Waals surface area (Å²) in [5.41, 5.74) is 2.59. The second-order valence-electron chi connectivity index (χ2n) is 6.19. The van der Waals surface area contributed by atoms with Gasteiger partial charge in [0.15, 0.2) is 5.69 Å². The van der Waals surface area contributed by atoms with Crippen molar-refractivity contribution >= 4 is 11.6 Å². The lowest BCUT2D eigenvalue weighted by Crippen LogP contribution is -2.12. The smallest absolute Gasteiger partial charge is 0.277 e. The number of hydrogen-bond acceptors (Lipinski definition) is 7. The van der Waals surface area contributed by atoms with Gasteiger partial charge in [-0.05, 0) is 18.6 Å². The fraction of sp³-hybridized carbons (Fsp3) is 0.211. The lowest BCUT2D eigenvalue weighted by atomic mass is 10.2. The minimum absolute atomic E-state index is 0.153. The normalized spacial score (nSPS) is 10.9. The Bertz CT molecular complexity index is 1070. The first-order chi connectivity index (χ1) is 14.2. The van der Waals surface area contributed by atoms with Gasteiger partial charge in [-0.25, -0.2) is 4.98 Å². The number of nitrogens with zero attached hydrogens (tertiary/aromatic N) is 5. The highest BCUT2D eigenvalue weighted by Gasteiger charge is 2.19. The van der Waals surface area contributed by atoms with E-state index in [1.165, 1.54) is 6.26 Å². The first-order valence-corrected chi connectivity index (χ1v) is 8.98. The van der Waals surface area contributed by atoms with Gasteiger partial charge >= 0.3 is 0 Å². The molecular weight excluding hydrogens is 374 g/mol. The standard InChI is InChI=1S/C19H19N7O3/c1-28-8-4-7-26-11-15(17(25-26)14-5-2-3-6-20-14)23-18(27)16-12-29-19(24-16)13-9-21-22-10-13/h2-3,5-6,9-12H,4,7-8H2,1H3,(H,21,22)(H,23,27). The molecule has 0 aliphatic carbocycles. The van der Waals surface area contributed by atoms with Gasteiger partial charge in [-0.3, -0.25) is 19.6 Å². The molecule has 10 heteroatoms. The minimum Gasteiger partial charge on any atom is -0.444 e. The number of ether oxygens (including phenoxy) is 1. The van der Waals surface area contributed by atoms with E-state index in [4.69, 9.17) is 9.15 Å². The minimum atomic E-state index is -0.405. The van der Waals surface area contributed by atoms with Crippen molar-refractivity contribution in [2.45, 2.75) is 13.0 Å². The predicted molar refractivity (Wildman–Crippen MR) is 104 cm³/mol. The van der Waals surface area contributed by atoms with E-state index in [1.54, 1.807) is 36.6 Å². The molecule has 0 aliphatic heterocycles. The number of nitrogens with one attached hydrogen (secondary N) is 2. The van der Waals surface area contributed by atoms with Crippen LogP contribution in [0, 0.1) is 0 Å². The first kappa shape index (κ1) is 18.6. The van der Waals surface area contributed by atoms with Crippen molar-refractivity contribution in [2.24, 2.45) is 0 Å². The Hall–Kier alpha value is -3.79. The van der Waals surface area contributed by atoms with Gasteiger partial charge in [-0.1, -0.05) is 6.07 Å². The molecule has 0 bridgehead atoms. The number of aromatic amines is 1. The number of methoxy groups -OCH3 is 1. The van der Waals surface area contributed by atoms with Gasteiger partial charge in [0, 0.05) is 38.9 Å². The molecule has 148 valence electrons. The monoisotopic (exact) mass is 393 g/mol. The van der Waals surface area contributed by atoms with E-state index in [0.29, 0.717) is 41.7 Å². The number of H-pyrrole nitrogens is 1. The lowest BCUT2D eigenvalue weighted by molar-refractivity contribution is 0.102. The van der Waals surface area contributed by atoms with E-state index in [1.807, 2.05) is 18.2 Å². The van der Waals surface area contributed by atoms with Gasteiger partial charge in [-0.15, -0.1) is 0 Å². The maximum absolute atomic E-state index is 12.7. The van der Waals surface area contributed by atoms with Crippen LogP contribution in [0.4, 0.5) is 5.69 Å². The van der Waals surface area contributed by atoms with E-state index >= 15 is 0 Å². The summed E-state index contributed by atoms with van der Waals surface area (Å²) in [6.45, 7) is 1.27. The molecule has 0 fully saturated rings. The molecule has 0 saturated carbocycles. The second-order valence-corrected chi connectivity index (χ2v) is 6.19. The van der Waals surface area contributed by atoms with Crippen LogP contribution in [0.15, 0.2) is 53.7 Å². The molecule has 0 spiro atoms. The summed E-state index contributed by atoms with van der Waals surface area (Å²) in [5.74, 6) is -0.0961. The van der Waals surface area contributed by atoms with Crippen molar-refractivity contribution in [1.29, 1.82) is 0 Å². The maximum Gasteiger partial charge on any atom is 0.277 e. The van der Waals surface area contributed by atoms with Crippen LogP contribution in [0.1, 0.15) is 16.9 Å². The van der Waals surface area contributed by atoms with Crippen LogP contribution in [0.2, 0.25) is 0 Å². The predicted octanol–water partition coefficient (Wildman–Crippen LogP) is 2.61. The molecule has 1 amide bonds. The third-order valence-corrected chi connectivity index (χ3v) is 4.14. The number of carbonyl (C=O) groups excluding carboxylic acids is 1. The molecule has 4 aromatic rings. The summed E-state index contributed by atoms with van der Waals surface area (Å²) >= 11 is 0. The highest BCUT2D eigenvalue weighted by molar-refractivity contribution is 6.04. The number of rotatable bonds is 8.